The predicted octanol–water partition coefficient (Wildman–Crippen LogP) is 1.87. The molecule has 12 heavy (non-hydrogen) atoms. The van der Waals surface area contributed by atoms with Gasteiger partial charge in [0.1, 0.15) is 0 Å². The fourth-order valence-corrected chi connectivity index (χ4v) is 1.21. The smallest absolute Gasteiger partial charge is 0.0683 e. The molecule has 1 N–H and O–H groups in total. The number of aryl methyl sites for hydroxylation is 1. The van der Waals surface area contributed by atoms with Crippen LogP contribution in [0, 0.1) is 6.92 Å². The Balaban J connectivity index is 3.06. The minimum atomic E-state index is 0.0663. The highest BCUT2D eigenvalue weighted by molar-refractivity contribution is 7.80. The lowest BCUT2D eigenvalue weighted by molar-refractivity contribution is 0.281. The molecule has 1 aromatic rings. The number of pyridine rings is 1. The average molecular weight is 183 g/mol. The summed E-state index contributed by atoms with van der Waals surface area (Å²) >= 11 is 4.28. The zero-order chi connectivity index (χ0) is 9.14. The summed E-state index contributed by atoms with van der Waals surface area (Å²) in [6.07, 6.45) is 0. The largest absolute Gasteiger partial charge is 0.392 e. The van der Waals surface area contributed by atoms with Crippen LogP contribution in [-0.2, 0) is 6.61 Å². The molecule has 1 rings (SSSR count). The number of rotatable bonds is 2. The van der Waals surface area contributed by atoms with Gasteiger partial charge in [-0.05, 0) is 31.5 Å². The Bertz CT molecular complexity index is 273. The molecule has 0 spiro atoms. The fourth-order valence-electron chi connectivity index (χ4n) is 1.07. The van der Waals surface area contributed by atoms with Gasteiger partial charge in [-0.25, -0.2) is 0 Å². The van der Waals surface area contributed by atoms with Gasteiger partial charge in [0.2, 0.25) is 0 Å². The number of hydrogen-bond acceptors (Lipinski definition) is 3. The summed E-state index contributed by atoms with van der Waals surface area (Å²) in [7, 11) is 0. The molecule has 0 amide bonds. The Kier molecular flexibility index (Phi) is 3.12. The molecule has 0 aliphatic carbocycles. The summed E-state index contributed by atoms with van der Waals surface area (Å²) < 4.78 is 0. The first-order valence-electron chi connectivity index (χ1n) is 3.90. The summed E-state index contributed by atoms with van der Waals surface area (Å²) in [4.78, 5) is 4.29. The van der Waals surface area contributed by atoms with Crippen molar-refractivity contribution < 1.29 is 5.11 Å². The van der Waals surface area contributed by atoms with E-state index in [1.54, 1.807) is 0 Å². The van der Waals surface area contributed by atoms with Crippen LogP contribution in [0.5, 0.6) is 0 Å². The molecule has 1 unspecified atom stereocenters. The third-order valence-corrected chi connectivity index (χ3v) is 1.91. The van der Waals surface area contributed by atoms with Gasteiger partial charge in [0.15, 0.2) is 0 Å². The molecule has 0 fully saturated rings. The van der Waals surface area contributed by atoms with Crippen LogP contribution in [0.3, 0.4) is 0 Å². The molecular weight excluding hydrogens is 170 g/mol. The van der Waals surface area contributed by atoms with Crippen molar-refractivity contribution in [3.8, 4) is 0 Å². The highest BCUT2D eigenvalue weighted by Gasteiger charge is 2.03. The van der Waals surface area contributed by atoms with E-state index < -0.39 is 0 Å². The standard InChI is InChI=1S/C9H13NOS/c1-6-3-8(5-11)4-9(10-6)7(2)12/h3-4,7,11-12H,5H2,1-2H3. The number of aliphatic hydroxyl groups is 1. The highest BCUT2D eigenvalue weighted by Crippen LogP contribution is 2.18. The molecule has 1 atom stereocenters. The maximum atomic E-state index is 8.92. The molecular formula is C9H13NOS. The topological polar surface area (TPSA) is 33.1 Å². The number of thiol groups is 1. The molecule has 0 aliphatic rings. The van der Waals surface area contributed by atoms with Crippen LogP contribution in [0.1, 0.15) is 29.1 Å². The van der Waals surface area contributed by atoms with E-state index >= 15 is 0 Å². The second kappa shape index (κ2) is 3.92. The van der Waals surface area contributed by atoms with E-state index in [9.17, 15) is 0 Å². The van der Waals surface area contributed by atoms with Crippen LogP contribution in [0.25, 0.3) is 0 Å². The van der Waals surface area contributed by atoms with Crippen molar-refractivity contribution in [3.05, 3.63) is 29.1 Å². The molecule has 66 valence electrons. The van der Waals surface area contributed by atoms with Gasteiger partial charge in [-0.2, -0.15) is 12.6 Å². The van der Waals surface area contributed by atoms with E-state index in [0.29, 0.717) is 0 Å². The molecule has 0 radical (unpaired) electrons. The minimum absolute atomic E-state index is 0.0663. The lowest BCUT2D eigenvalue weighted by Crippen LogP contribution is -1.96. The first kappa shape index (κ1) is 9.55. The van der Waals surface area contributed by atoms with Crippen molar-refractivity contribution in [2.24, 2.45) is 0 Å². The second-order valence-corrected chi connectivity index (χ2v) is 3.65. The van der Waals surface area contributed by atoms with E-state index in [-0.39, 0.29) is 11.9 Å². The average Bonchev–Trinajstić information content (AvgIpc) is 2.03. The van der Waals surface area contributed by atoms with Gasteiger partial charge in [0, 0.05) is 10.9 Å². The van der Waals surface area contributed by atoms with Gasteiger partial charge in [-0.1, -0.05) is 0 Å². The molecule has 0 bridgehead atoms. The van der Waals surface area contributed by atoms with Crippen LogP contribution < -0.4 is 0 Å². The Hall–Kier alpha value is -0.540. The van der Waals surface area contributed by atoms with Gasteiger partial charge < -0.3 is 5.11 Å². The Labute approximate surface area is 78.1 Å². The number of nitrogens with zero attached hydrogens (tertiary/aromatic N) is 1. The monoisotopic (exact) mass is 183 g/mol. The zero-order valence-electron chi connectivity index (χ0n) is 7.28. The van der Waals surface area contributed by atoms with Crippen molar-refractivity contribution in [1.82, 2.24) is 4.98 Å². The summed E-state index contributed by atoms with van der Waals surface area (Å²) in [6.45, 7) is 3.95. The van der Waals surface area contributed by atoms with Crippen molar-refractivity contribution in [1.29, 1.82) is 0 Å². The van der Waals surface area contributed by atoms with Gasteiger partial charge in [0.05, 0.1) is 12.3 Å². The van der Waals surface area contributed by atoms with Crippen LogP contribution in [-0.4, -0.2) is 10.1 Å². The van der Waals surface area contributed by atoms with Crippen molar-refractivity contribution in [2.45, 2.75) is 25.7 Å². The normalized spacial score (nSPS) is 13.0. The zero-order valence-corrected chi connectivity index (χ0v) is 8.18. The van der Waals surface area contributed by atoms with Gasteiger partial charge in [-0.15, -0.1) is 0 Å². The third kappa shape index (κ3) is 2.22. The molecule has 0 saturated carbocycles. The van der Waals surface area contributed by atoms with Crippen LogP contribution in [0.15, 0.2) is 12.1 Å². The first-order valence-corrected chi connectivity index (χ1v) is 4.41. The van der Waals surface area contributed by atoms with Crippen molar-refractivity contribution >= 4 is 12.6 Å². The second-order valence-electron chi connectivity index (χ2n) is 2.88. The fraction of sp³-hybridized carbons (Fsp3) is 0.444. The Morgan fingerprint density at radius 1 is 1.58 bits per heavy atom. The van der Waals surface area contributed by atoms with Gasteiger partial charge in [0.25, 0.3) is 0 Å². The summed E-state index contributed by atoms with van der Waals surface area (Å²) in [5.41, 5.74) is 2.75. The van der Waals surface area contributed by atoms with Crippen molar-refractivity contribution in [2.75, 3.05) is 0 Å². The van der Waals surface area contributed by atoms with Crippen LogP contribution in [0.2, 0.25) is 0 Å². The van der Waals surface area contributed by atoms with E-state index in [1.165, 1.54) is 0 Å². The van der Waals surface area contributed by atoms with Crippen LogP contribution >= 0.6 is 12.6 Å². The lowest BCUT2D eigenvalue weighted by atomic mass is 10.2. The molecule has 0 aromatic carbocycles. The lowest BCUT2D eigenvalue weighted by Gasteiger charge is -2.06. The molecule has 1 heterocycles. The Morgan fingerprint density at radius 3 is 2.75 bits per heavy atom. The molecule has 3 heteroatoms. The number of hydrogen-bond donors (Lipinski definition) is 2. The SMILES string of the molecule is Cc1cc(CO)cc(C(C)S)n1. The maximum Gasteiger partial charge on any atom is 0.0683 e. The van der Waals surface area contributed by atoms with Gasteiger partial charge >= 0.3 is 0 Å². The molecule has 0 saturated heterocycles. The number of aromatic nitrogens is 1. The summed E-state index contributed by atoms with van der Waals surface area (Å²) in [6, 6.07) is 3.75. The maximum absolute atomic E-state index is 8.92. The molecule has 0 aliphatic heterocycles. The first-order chi connectivity index (χ1) is 5.63. The third-order valence-electron chi connectivity index (χ3n) is 1.64. The van der Waals surface area contributed by atoms with E-state index in [0.717, 1.165) is 17.0 Å². The van der Waals surface area contributed by atoms with E-state index in [2.05, 4.69) is 17.6 Å². The molecule has 1 aromatic heterocycles. The number of aliphatic hydroxyl groups excluding tert-OH is 1. The summed E-state index contributed by atoms with van der Waals surface area (Å²) in [5, 5.41) is 9.04. The quantitative estimate of drug-likeness (QED) is 0.686. The van der Waals surface area contributed by atoms with E-state index in [4.69, 9.17) is 5.11 Å². The molecule has 2 nitrogen and oxygen atoms in total. The van der Waals surface area contributed by atoms with Crippen LogP contribution in [0.4, 0.5) is 0 Å². The predicted molar refractivity (Wildman–Crippen MR) is 52.3 cm³/mol. The summed E-state index contributed by atoms with van der Waals surface area (Å²) in [5.74, 6) is 0. The van der Waals surface area contributed by atoms with Gasteiger partial charge in [-0.3, -0.25) is 4.98 Å². The minimum Gasteiger partial charge on any atom is -0.392 e. The van der Waals surface area contributed by atoms with E-state index in [1.807, 2.05) is 26.0 Å². The highest BCUT2D eigenvalue weighted by atomic mass is 32.1. The van der Waals surface area contributed by atoms with Crippen molar-refractivity contribution in [3.63, 3.8) is 0 Å². The Morgan fingerprint density at radius 2 is 2.25 bits per heavy atom.